The molecule has 1 aromatic rings. The lowest BCUT2D eigenvalue weighted by atomic mass is 10.1. The number of sulfone groups is 1. The van der Waals surface area contributed by atoms with Crippen LogP contribution in [0.3, 0.4) is 0 Å². The van der Waals surface area contributed by atoms with Gasteiger partial charge in [0.05, 0.1) is 4.90 Å². The molecule has 1 unspecified atom stereocenters. The van der Waals surface area contributed by atoms with Gasteiger partial charge in [-0.2, -0.15) is 0 Å². The van der Waals surface area contributed by atoms with Crippen molar-refractivity contribution in [3.05, 3.63) is 29.8 Å². The van der Waals surface area contributed by atoms with Gasteiger partial charge in [-0.1, -0.05) is 0 Å². The van der Waals surface area contributed by atoms with E-state index in [1.54, 1.807) is 17.0 Å². The molecule has 5 nitrogen and oxygen atoms in total. The molecule has 0 aromatic heterocycles. The van der Waals surface area contributed by atoms with E-state index < -0.39 is 9.84 Å². The molecule has 1 atom stereocenters. The topological polar surface area (TPSA) is 66.5 Å². The molecule has 1 saturated heterocycles. The predicted octanol–water partition coefficient (Wildman–Crippen LogP) is 1.30. The molecule has 0 saturated carbocycles. The van der Waals surface area contributed by atoms with E-state index in [1.165, 1.54) is 12.1 Å². The fraction of sp³-hybridized carbons (Fsp3) is 0.533. The van der Waals surface area contributed by atoms with Gasteiger partial charge >= 0.3 is 0 Å². The summed E-state index contributed by atoms with van der Waals surface area (Å²) in [5, 5.41) is 3.33. The third kappa shape index (κ3) is 4.04. The van der Waals surface area contributed by atoms with Crippen molar-refractivity contribution in [1.82, 2.24) is 10.2 Å². The molecular weight excluding hydrogens is 288 g/mol. The van der Waals surface area contributed by atoms with E-state index in [2.05, 4.69) is 5.32 Å². The van der Waals surface area contributed by atoms with Gasteiger partial charge in [-0.15, -0.1) is 0 Å². The molecule has 1 heterocycles. The van der Waals surface area contributed by atoms with Crippen LogP contribution in [0.25, 0.3) is 0 Å². The van der Waals surface area contributed by atoms with Crippen LogP contribution in [0.2, 0.25) is 0 Å². The van der Waals surface area contributed by atoms with E-state index in [-0.39, 0.29) is 16.8 Å². The van der Waals surface area contributed by atoms with E-state index in [9.17, 15) is 13.2 Å². The average Bonchev–Trinajstić information content (AvgIpc) is 2.74. The molecule has 21 heavy (non-hydrogen) atoms. The Hall–Kier alpha value is -1.40. The highest BCUT2D eigenvalue weighted by Gasteiger charge is 2.22. The summed E-state index contributed by atoms with van der Waals surface area (Å²) in [6.45, 7) is 1.93. The summed E-state index contributed by atoms with van der Waals surface area (Å²) < 4.78 is 22.9. The number of carbonyl (C=O) groups is 1. The van der Waals surface area contributed by atoms with Crippen LogP contribution in [0.15, 0.2) is 29.2 Å². The summed E-state index contributed by atoms with van der Waals surface area (Å²) in [5.41, 5.74) is 0.530. The van der Waals surface area contributed by atoms with Crippen molar-refractivity contribution in [3.8, 4) is 0 Å². The zero-order chi connectivity index (χ0) is 15.5. The van der Waals surface area contributed by atoms with Crippen molar-refractivity contribution in [2.45, 2.75) is 30.2 Å². The molecule has 1 aliphatic heterocycles. The molecule has 1 amide bonds. The van der Waals surface area contributed by atoms with E-state index >= 15 is 0 Å². The van der Waals surface area contributed by atoms with Crippen LogP contribution in [0.5, 0.6) is 0 Å². The van der Waals surface area contributed by atoms with Gasteiger partial charge in [0.1, 0.15) is 0 Å². The van der Waals surface area contributed by atoms with Crippen molar-refractivity contribution >= 4 is 15.7 Å². The molecule has 0 radical (unpaired) electrons. The Bertz CT molecular complexity index is 588. The second-order valence-electron chi connectivity index (χ2n) is 5.55. The molecule has 0 aliphatic carbocycles. The number of nitrogens with zero attached hydrogens (tertiary/aromatic N) is 1. The van der Waals surface area contributed by atoms with Crippen LogP contribution < -0.4 is 5.32 Å². The van der Waals surface area contributed by atoms with E-state index in [0.29, 0.717) is 5.56 Å². The number of amides is 1. The predicted molar refractivity (Wildman–Crippen MR) is 82.2 cm³/mol. The van der Waals surface area contributed by atoms with Crippen molar-refractivity contribution in [1.29, 1.82) is 0 Å². The number of hydrogen-bond donors (Lipinski definition) is 1. The largest absolute Gasteiger partial charge is 0.339 e. The zero-order valence-electron chi connectivity index (χ0n) is 12.5. The first-order valence-electron chi connectivity index (χ1n) is 7.17. The van der Waals surface area contributed by atoms with Crippen LogP contribution in [-0.4, -0.2) is 51.7 Å². The van der Waals surface area contributed by atoms with Gasteiger partial charge in [-0.25, -0.2) is 8.42 Å². The van der Waals surface area contributed by atoms with E-state index in [0.717, 1.165) is 38.6 Å². The summed E-state index contributed by atoms with van der Waals surface area (Å²) in [4.78, 5) is 14.5. The quantitative estimate of drug-likeness (QED) is 0.914. The summed E-state index contributed by atoms with van der Waals surface area (Å²) in [6, 6.07) is 6.40. The summed E-state index contributed by atoms with van der Waals surface area (Å²) >= 11 is 0. The van der Waals surface area contributed by atoms with Crippen molar-refractivity contribution in [2.75, 3.05) is 26.4 Å². The standard InChI is InChI=1S/C15H22N2O3S/c1-17(13-4-3-10-16-11-9-13)15(18)12-5-7-14(8-6-12)21(2,19)20/h5-8,13,16H,3-4,9-11H2,1-2H3. The number of benzene rings is 1. The highest BCUT2D eigenvalue weighted by atomic mass is 32.2. The van der Waals surface area contributed by atoms with Crippen LogP contribution in [-0.2, 0) is 9.84 Å². The summed E-state index contributed by atoms with van der Waals surface area (Å²) in [5.74, 6) is -0.0537. The summed E-state index contributed by atoms with van der Waals surface area (Å²) in [6.07, 6.45) is 4.17. The Labute approximate surface area is 126 Å². The molecule has 0 spiro atoms. The molecule has 1 N–H and O–H groups in total. The number of nitrogens with one attached hydrogen (secondary N) is 1. The van der Waals surface area contributed by atoms with Gasteiger partial charge in [0.15, 0.2) is 9.84 Å². The maximum atomic E-state index is 12.5. The first kappa shape index (κ1) is 16.0. The second kappa shape index (κ2) is 6.58. The Morgan fingerprint density at radius 2 is 1.86 bits per heavy atom. The second-order valence-corrected chi connectivity index (χ2v) is 7.56. The SMILES string of the molecule is CN(C(=O)c1ccc(S(C)(=O)=O)cc1)C1CCCNCC1. The van der Waals surface area contributed by atoms with E-state index in [1.807, 2.05) is 7.05 Å². The normalized spacial score (nSPS) is 19.8. The summed E-state index contributed by atoms with van der Waals surface area (Å²) in [7, 11) is -1.40. The van der Waals surface area contributed by atoms with Crippen LogP contribution in [0.4, 0.5) is 0 Å². The molecule has 6 heteroatoms. The van der Waals surface area contributed by atoms with Crippen LogP contribution in [0.1, 0.15) is 29.6 Å². The van der Waals surface area contributed by atoms with Gasteiger partial charge in [0.25, 0.3) is 5.91 Å². The molecule has 2 rings (SSSR count). The van der Waals surface area contributed by atoms with Gasteiger partial charge < -0.3 is 10.2 Å². The average molecular weight is 310 g/mol. The van der Waals surface area contributed by atoms with Crippen LogP contribution >= 0.6 is 0 Å². The first-order valence-corrected chi connectivity index (χ1v) is 9.07. The maximum absolute atomic E-state index is 12.5. The molecule has 1 aromatic carbocycles. The third-order valence-electron chi connectivity index (χ3n) is 3.94. The van der Waals surface area contributed by atoms with Crippen molar-refractivity contribution in [2.24, 2.45) is 0 Å². The minimum Gasteiger partial charge on any atom is -0.339 e. The Kier molecular flexibility index (Phi) is 5.00. The molecule has 1 aliphatic rings. The lowest BCUT2D eigenvalue weighted by molar-refractivity contribution is 0.0720. The molecular formula is C15H22N2O3S. The fourth-order valence-electron chi connectivity index (χ4n) is 2.60. The lowest BCUT2D eigenvalue weighted by Gasteiger charge is -2.27. The smallest absolute Gasteiger partial charge is 0.253 e. The van der Waals surface area contributed by atoms with Crippen LogP contribution in [0, 0.1) is 0 Å². The fourth-order valence-corrected chi connectivity index (χ4v) is 3.23. The zero-order valence-corrected chi connectivity index (χ0v) is 13.3. The number of hydrogen-bond acceptors (Lipinski definition) is 4. The minimum absolute atomic E-state index is 0.0537. The molecule has 116 valence electrons. The lowest BCUT2D eigenvalue weighted by Crippen LogP contribution is -2.37. The van der Waals surface area contributed by atoms with Crippen molar-refractivity contribution in [3.63, 3.8) is 0 Å². The van der Waals surface area contributed by atoms with E-state index in [4.69, 9.17) is 0 Å². The van der Waals surface area contributed by atoms with Gasteiger partial charge in [0, 0.05) is 24.9 Å². The van der Waals surface area contributed by atoms with Gasteiger partial charge in [0.2, 0.25) is 0 Å². The molecule has 1 fully saturated rings. The minimum atomic E-state index is -3.22. The monoisotopic (exact) mass is 310 g/mol. The number of carbonyl (C=O) groups excluding carboxylic acids is 1. The maximum Gasteiger partial charge on any atom is 0.253 e. The van der Waals surface area contributed by atoms with Crippen molar-refractivity contribution < 1.29 is 13.2 Å². The highest BCUT2D eigenvalue weighted by molar-refractivity contribution is 7.90. The Morgan fingerprint density at radius 3 is 2.48 bits per heavy atom. The Balaban J connectivity index is 2.11. The first-order chi connectivity index (χ1) is 9.89. The van der Waals surface area contributed by atoms with Gasteiger partial charge in [-0.3, -0.25) is 4.79 Å². The highest BCUT2D eigenvalue weighted by Crippen LogP contribution is 2.16. The van der Waals surface area contributed by atoms with Gasteiger partial charge in [-0.05, 0) is 56.6 Å². The molecule has 0 bridgehead atoms. The Morgan fingerprint density at radius 1 is 1.19 bits per heavy atom. The third-order valence-corrected chi connectivity index (χ3v) is 5.07. The number of rotatable bonds is 3.